The predicted molar refractivity (Wildman–Crippen MR) is 110 cm³/mol. The van der Waals surface area contributed by atoms with Crippen LogP contribution >= 0.6 is 23.4 Å². The van der Waals surface area contributed by atoms with Crippen LogP contribution in [0.5, 0.6) is 0 Å². The Morgan fingerprint density at radius 1 is 1.31 bits per heavy atom. The quantitative estimate of drug-likeness (QED) is 0.635. The van der Waals surface area contributed by atoms with Crippen molar-refractivity contribution in [2.45, 2.75) is 26.2 Å². The van der Waals surface area contributed by atoms with Crippen molar-refractivity contribution in [3.8, 4) is 0 Å². The Kier molecular flexibility index (Phi) is 6.85. The molecule has 2 aliphatic heterocycles. The third-order valence-electron chi connectivity index (χ3n) is 5.20. The van der Waals surface area contributed by atoms with Crippen molar-refractivity contribution in [3.05, 3.63) is 34.9 Å². The lowest BCUT2D eigenvalue weighted by Crippen LogP contribution is -2.53. The molecule has 2 heterocycles. The van der Waals surface area contributed by atoms with Crippen LogP contribution in [-0.4, -0.2) is 64.8 Å². The Labute approximate surface area is 178 Å². The first-order valence-electron chi connectivity index (χ1n) is 9.51. The third-order valence-corrected chi connectivity index (χ3v) is 6.30. The third kappa shape index (κ3) is 4.93. The molecule has 0 aromatic heterocycles. The number of rotatable bonds is 6. The second kappa shape index (κ2) is 9.17. The molecule has 0 radical (unpaired) electrons. The first kappa shape index (κ1) is 21.6. The molecule has 2 fully saturated rings. The van der Waals surface area contributed by atoms with Gasteiger partial charge in [-0.05, 0) is 43.9 Å². The van der Waals surface area contributed by atoms with Crippen molar-refractivity contribution in [2.24, 2.45) is 5.41 Å². The van der Waals surface area contributed by atoms with Crippen molar-refractivity contribution in [2.75, 3.05) is 32.0 Å². The SMILES string of the molecule is CCOC(=O)[C@]1(Cc2cccc(Cl)c2)CCCN(C(=O)CN2C(=O)CSC2=O)C1. The van der Waals surface area contributed by atoms with Gasteiger partial charge in [0.15, 0.2) is 0 Å². The van der Waals surface area contributed by atoms with Crippen LogP contribution in [0.1, 0.15) is 25.3 Å². The number of esters is 1. The average Bonchev–Trinajstić information content (AvgIpc) is 3.00. The molecule has 0 aliphatic carbocycles. The molecular formula is C20H23ClN2O5S. The Morgan fingerprint density at radius 2 is 2.10 bits per heavy atom. The lowest BCUT2D eigenvalue weighted by molar-refractivity contribution is -0.161. The van der Waals surface area contributed by atoms with E-state index in [0.717, 1.165) is 22.2 Å². The molecule has 156 valence electrons. The molecule has 2 saturated heterocycles. The van der Waals surface area contributed by atoms with Crippen LogP contribution in [0, 0.1) is 5.41 Å². The summed E-state index contributed by atoms with van der Waals surface area (Å²) in [6, 6.07) is 7.29. The summed E-state index contributed by atoms with van der Waals surface area (Å²) in [6.45, 7) is 2.36. The Hall–Kier alpha value is -2.06. The number of carbonyl (C=O) groups is 4. The highest BCUT2D eigenvalue weighted by atomic mass is 35.5. The minimum Gasteiger partial charge on any atom is -0.466 e. The molecule has 3 rings (SSSR count). The van der Waals surface area contributed by atoms with Gasteiger partial charge in [-0.25, -0.2) is 0 Å². The zero-order valence-corrected chi connectivity index (χ0v) is 17.8. The minimum atomic E-state index is -0.887. The van der Waals surface area contributed by atoms with Crippen LogP contribution in [0.15, 0.2) is 24.3 Å². The van der Waals surface area contributed by atoms with Gasteiger partial charge < -0.3 is 9.64 Å². The Bertz CT molecular complexity index is 817. The second-order valence-corrected chi connectivity index (χ2v) is 8.62. The maximum Gasteiger partial charge on any atom is 0.314 e. The first-order chi connectivity index (χ1) is 13.8. The number of ether oxygens (including phenoxy) is 1. The number of carbonyl (C=O) groups excluding carboxylic acids is 4. The summed E-state index contributed by atoms with van der Waals surface area (Å²) < 4.78 is 5.35. The number of benzene rings is 1. The van der Waals surface area contributed by atoms with Crippen molar-refractivity contribution in [3.63, 3.8) is 0 Å². The van der Waals surface area contributed by atoms with E-state index in [1.54, 1.807) is 17.9 Å². The fourth-order valence-electron chi connectivity index (χ4n) is 3.82. The standard InChI is InChI=1S/C20H23ClN2O5S/c1-2-28-18(26)20(10-14-5-3-6-15(21)9-14)7-4-8-22(13-20)16(24)11-23-17(25)12-29-19(23)27/h3,5-6,9H,2,4,7-8,10-13H2,1H3/t20-/m0/s1. The highest BCUT2D eigenvalue weighted by Gasteiger charge is 2.45. The molecule has 0 unspecified atom stereocenters. The van der Waals surface area contributed by atoms with Crippen molar-refractivity contribution in [1.82, 2.24) is 9.80 Å². The number of piperidine rings is 1. The molecule has 2 aliphatic rings. The summed E-state index contributed by atoms with van der Waals surface area (Å²) in [5.41, 5.74) is 0.00343. The van der Waals surface area contributed by atoms with Gasteiger partial charge in [0.05, 0.1) is 17.8 Å². The van der Waals surface area contributed by atoms with E-state index < -0.39 is 10.7 Å². The van der Waals surface area contributed by atoms with Crippen LogP contribution in [0.4, 0.5) is 4.79 Å². The van der Waals surface area contributed by atoms with Crippen LogP contribution in [0.3, 0.4) is 0 Å². The maximum atomic E-state index is 12.9. The van der Waals surface area contributed by atoms with E-state index in [4.69, 9.17) is 16.3 Å². The molecule has 0 N–H and O–H groups in total. The lowest BCUT2D eigenvalue weighted by Gasteiger charge is -2.41. The topological polar surface area (TPSA) is 84.0 Å². The number of hydrogen-bond acceptors (Lipinski definition) is 6. The van der Waals surface area contributed by atoms with Gasteiger partial charge in [0, 0.05) is 18.1 Å². The Balaban J connectivity index is 1.79. The number of amides is 3. The highest BCUT2D eigenvalue weighted by molar-refractivity contribution is 8.14. The lowest BCUT2D eigenvalue weighted by atomic mass is 9.75. The molecule has 1 atom stereocenters. The van der Waals surface area contributed by atoms with Gasteiger partial charge in [-0.15, -0.1) is 0 Å². The number of halogens is 1. The van der Waals surface area contributed by atoms with E-state index in [2.05, 4.69) is 0 Å². The molecule has 0 spiro atoms. The predicted octanol–water partition coefficient (Wildman–Crippen LogP) is 2.75. The molecule has 0 bridgehead atoms. The molecular weight excluding hydrogens is 416 g/mol. The highest BCUT2D eigenvalue weighted by Crippen LogP contribution is 2.36. The van der Waals surface area contributed by atoms with Crippen LogP contribution in [0.25, 0.3) is 0 Å². The zero-order chi connectivity index (χ0) is 21.0. The largest absolute Gasteiger partial charge is 0.466 e. The molecule has 1 aromatic carbocycles. The molecule has 7 nitrogen and oxygen atoms in total. The zero-order valence-electron chi connectivity index (χ0n) is 16.2. The van der Waals surface area contributed by atoms with Gasteiger partial charge in [-0.1, -0.05) is 35.5 Å². The van der Waals surface area contributed by atoms with Gasteiger partial charge >= 0.3 is 5.97 Å². The van der Waals surface area contributed by atoms with Crippen molar-refractivity contribution >= 4 is 46.4 Å². The monoisotopic (exact) mass is 438 g/mol. The van der Waals surface area contributed by atoms with Crippen LogP contribution in [0.2, 0.25) is 5.02 Å². The minimum absolute atomic E-state index is 0.0631. The van der Waals surface area contributed by atoms with E-state index in [1.807, 2.05) is 18.2 Å². The summed E-state index contributed by atoms with van der Waals surface area (Å²) in [6.07, 6.45) is 1.61. The van der Waals surface area contributed by atoms with Gasteiger partial charge in [0.25, 0.3) is 5.24 Å². The number of nitrogens with zero attached hydrogens (tertiary/aromatic N) is 2. The van der Waals surface area contributed by atoms with E-state index in [9.17, 15) is 19.2 Å². The first-order valence-corrected chi connectivity index (χ1v) is 10.9. The average molecular weight is 439 g/mol. The van der Waals surface area contributed by atoms with Crippen molar-refractivity contribution in [1.29, 1.82) is 0 Å². The molecule has 1 aromatic rings. The van der Waals surface area contributed by atoms with E-state index in [1.165, 1.54) is 0 Å². The maximum absolute atomic E-state index is 12.9. The van der Waals surface area contributed by atoms with Gasteiger partial charge in [-0.3, -0.25) is 24.1 Å². The van der Waals surface area contributed by atoms with E-state index in [-0.39, 0.29) is 43.2 Å². The van der Waals surface area contributed by atoms with E-state index in [0.29, 0.717) is 30.8 Å². The van der Waals surface area contributed by atoms with E-state index >= 15 is 0 Å². The van der Waals surface area contributed by atoms with Crippen molar-refractivity contribution < 1.29 is 23.9 Å². The number of thioether (sulfide) groups is 1. The summed E-state index contributed by atoms with van der Waals surface area (Å²) in [7, 11) is 0. The molecule has 3 amide bonds. The summed E-state index contributed by atoms with van der Waals surface area (Å²) in [5.74, 6) is -0.982. The molecule has 0 saturated carbocycles. The number of imide groups is 1. The van der Waals surface area contributed by atoms with Gasteiger partial charge in [-0.2, -0.15) is 0 Å². The second-order valence-electron chi connectivity index (χ2n) is 7.26. The molecule has 9 heteroatoms. The number of likely N-dealkylation sites (tertiary alicyclic amines) is 1. The van der Waals surface area contributed by atoms with Crippen LogP contribution < -0.4 is 0 Å². The van der Waals surface area contributed by atoms with Gasteiger partial charge in [0.1, 0.15) is 6.54 Å². The normalized spacial score (nSPS) is 22.1. The van der Waals surface area contributed by atoms with Crippen LogP contribution in [-0.2, 0) is 25.5 Å². The Morgan fingerprint density at radius 3 is 2.76 bits per heavy atom. The summed E-state index contributed by atoms with van der Waals surface area (Å²) in [4.78, 5) is 51.9. The number of hydrogen-bond donors (Lipinski definition) is 0. The molecule has 29 heavy (non-hydrogen) atoms. The summed E-state index contributed by atoms with van der Waals surface area (Å²) >= 11 is 6.99. The summed E-state index contributed by atoms with van der Waals surface area (Å²) in [5, 5.41) is 0.171. The fourth-order valence-corrected chi connectivity index (χ4v) is 4.76. The van der Waals surface area contributed by atoms with Gasteiger partial charge in [0.2, 0.25) is 11.8 Å². The smallest absolute Gasteiger partial charge is 0.314 e. The fraction of sp³-hybridized carbons (Fsp3) is 0.500.